The molecule has 0 radical (unpaired) electrons. The normalized spacial score (nSPS) is 21.2. The summed E-state index contributed by atoms with van der Waals surface area (Å²) in [4.78, 5) is 12.3. The minimum absolute atomic E-state index is 0.114. The number of nitrogens with one attached hydrogen (secondary N) is 1. The van der Waals surface area contributed by atoms with E-state index < -0.39 is 24.2 Å². The fourth-order valence-corrected chi connectivity index (χ4v) is 2.26. The van der Waals surface area contributed by atoms with Crippen LogP contribution in [0.4, 0.5) is 13.2 Å². The first-order chi connectivity index (χ1) is 10.3. The molecule has 0 spiro atoms. The predicted molar refractivity (Wildman–Crippen MR) is 74.8 cm³/mol. The number of alkyl halides is 3. The third kappa shape index (κ3) is 3.53. The van der Waals surface area contributed by atoms with Gasteiger partial charge >= 0.3 is 12.1 Å². The number of esters is 1. The molecule has 0 saturated heterocycles. The maximum atomic E-state index is 12.5. The molecule has 1 aromatic rings. The number of hydrogen-bond acceptors (Lipinski definition) is 4. The Morgan fingerprint density at radius 2 is 2.00 bits per heavy atom. The molecule has 0 amide bonds. The third-order valence-electron chi connectivity index (χ3n) is 3.07. The summed E-state index contributed by atoms with van der Waals surface area (Å²) in [7, 11) is 0. The Morgan fingerprint density at radius 3 is 2.55 bits per heavy atom. The van der Waals surface area contributed by atoms with E-state index in [1.807, 2.05) is 0 Å². The van der Waals surface area contributed by atoms with Crippen molar-refractivity contribution in [3.8, 4) is 0 Å². The first-order valence-corrected chi connectivity index (χ1v) is 6.88. The van der Waals surface area contributed by atoms with Crippen molar-refractivity contribution >= 4 is 17.6 Å². The van der Waals surface area contributed by atoms with E-state index >= 15 is 0 Å². The standard InChI is InChI=1S/C14H14ClF3N2O2/c1-2-22-12(21)13(10-3-5-11(15)6-4-10)7-8-20(19-13)9-14(16,17)18/h3-8,19H,2,9H2,1H3/t13-/m1/s1. The fourth-order valence-electron chi connectivity index (χ4n) is 2.14. The lowest BCUT2D eigenvalue weighted by atomic mass is 9.91. The summed E-state index contributed by atoms with van der Waals surface area (Å²) in [5, 5.41) is 1.27. The van der Waals surface area contributed by atoms with Crippen LogP contribution in [0.3, 0.4) is 0 Å². The molecule has 120 valence electrons. The smallest absolute Gasteiger partial charge is 0.407 e. The molecule has 1 aliphatic heterocycles. The van der Waals surface area contributed by atoms with Crippen LogP contribution in [0.2, 0.25) is 5.02 Å². The highest BCUT2D eigenvalue weighted by molar-refractivity contribution is 6.30. The number of ether oxygens (including phenoxy) is 1. The van der Waals surface area contributed by atoms with Crippen LogP contribution in [0, 0.1) is 0 Å². The van der Waals surface area contributed by atoms with Gasteiger partial charge in [-0.3, -0.25) is 0 Å². The topological polar surface area (TPSA) is 41.6 Å². The third-order valence-corrected chi connectivity index (χ3v) is 3.32. The van der Waals surface area contributed by atoms with Gasteiger partial charge < -0.3 is 9.75 Å². The molecule has 1 aromatic carbocycles. The number of carbonyl (C=O) groups excluding carboxylic acids is 1. The average Bonchev–Trinajstić information content (AvgIpc) is 2.83. The first-order valence-electron chi connectivity index (χ1n) is 6.50. The number of halogens is 4. The highest BCUT2D eigenvalue weighted by atomic mass is 35.5. The van der Waals surface area contributed by atoms with Crippen LogP contribution in [-0.2, 0) is 15.1 Å². The molecular weight excluding hydrogens is 321 g/mol. The van der Waals surface area contributed by atoms with Gasteiger partial charge in [0.05, 0.1) is 6.61 Å². The number of benzene rings is 1. The Bertz CT molecular complexity index is 574. The van der Waals surface area contributed by atoms with Crippen molar-refractivity contribution in [2.75, 3.05) is 13.2 Å². The van der Waals surface area contributed by atoms with Crippen LogP contribution in [0.25, 0.3) is 0 Å². The van der Waals surface area contributed by atoms with Gasteiger partial charge in [-0.25, -0.2) is 10.2 Å². The van der Waals surface area contributed by atoms with Crippen molar-refractivity contribution in [1.29, 1.82) is 0 Å². The summed E-state index contributed by atoms with van der Waals surface area (Å²) in [5.41, 5.74) is 1.51. The van der Waals surface area contributed by atoms with E-state index in [0.29, 0.717) is 10.6 Å². The highest BCUT2D eigenvalue weighted by Crippen LogP contribution is 2.31. The van der Waals surface area contributed by atoms with Crippen molar-refractivity contribution < 1.29 is 22.7 Å². The quantitative estimate of drug-likeness (QED) is 0.860. The number of hydrazine groups is 1. The zero-order valence-electron chi connectivity index (χ0n) is 11.7. The lowest BCUT2D eigenvalue weighted by molar-refractivity contribution is -0.158. The molecule has 22 heavy (non-hydrogen) atoms. The maximum Gasteiger partial charge on any atom is 0.407 e. The summed E-state index contributed by atoms with van der Waals surface area (Å²) in [6.45, 7) is 0.515. The molecule has 8 heteroatoms. The summed E-state index contributed by atoms with van der Waals surface area (Å²) in [5.74, 6) is -0.682. The summed E-state index contributed by atoms with van der Waals surface area (Å²) >= 11 is 5.81. The summed E-state index contributed by atoms with van der Waals surface area (Å²) in [6.07, 6.45) is -1.87. The van der Waals surface area contributed by atoms with E-state index in [9.17, 15) is 18.0 Å². The van der Waals surface area contributed by atoms with Gasteiger partial charge in [-0.2, -0.15) is 13.2 Å². The van der Waals surface area contributed by atoms with E-state index in [1.54, 1.807) is 31.2 Å². The van der Waals surface area contributed by atoms with Crippen LogP contribution >= 0.6 is 11.6 Å². The minimum atomic E-state index is -4.40. The van der Waals surface area contributed by atoms with Crippen LogP contribution in [0.15, 0.2) is 36.5 Å². The van der Waals surface area contributed by atoms with Gasteiger partial charge in [-0.1, -0.05) is 23.7 Å². The lowest BCUT2D eigenvalue weighted by Crippen LogP contribution is -2.52. The molecular formula is C14H14ClF3N2O2. The monoisotopic (exact) mass is 334 g/mol. The van der Waals surface area contributed by atoms with E-state index in [1.165, 1.54) is 12.3 Å². The number of nitrogens with zero attached hydrogens (tertiary/aromatic N) is 1. The SMILES string of the molecule is CCOC(=O)[C@]1(c2ccc(Cl)cc2)C=CN(CC(F)(F)F)N1. The molecule has 0 saturated carbocycles. The Labute approximate surface area is 130 Å². The van der Waals surface area contributed by atoms with Crippen molar-refractivity contribution in [2.45, 2.75) is 18.6 Å². The number of hydrogen-bond donors (Lipinski definition) is 1. The van der Waals surface area contributed by atoms with Gasteiger partial charge in [0.15, 0.2) is 5.54 Å². The van der Waals surface area contributed by atoms with Gasteiger partial charge in [0, 0.05) is 11.2 Å². The molecule has 0 bridgehead atoms. The van der Waals surface area contributed by atoms with Crippen LogP contribution in [-0.4, -0.2) is 30.3 Å². The number of rotatable bonds is 4. The Kier molecular flexibility index (Phi) is 4.67. The van der Waals surface area contributed by atoms with Crippen molar-refractivity contribution in [3.05, 3.63) is 47.1 Å². The molecule has 1 atom stereocenters. The molecule has 0 fully saturated rings. The molecule has 1 N–H and O–H groups in total. The highest BCUT2D eigenvalue weighted by Gasteiger charge is 2.45. The maximum absolute atomic E-state index is 12.5. The summed E-state index contributed by atoms with van der Waals surface area (Å²) < 4.78 is 42.5. The Balaban J connectivity index is 2.32. The van der Waals surface area contributed by atoms with Gasteiger partial charge in [-0.05, 0) is 30.7 Å². The van der Waals surface area contributed by atoms with E-state index in [0.717, 1.165) is 5.01 Å². The van der Waals surface area contributed by atoms with Gasteiger partial charge in [0.25, 0.3) is 0 Å². The van der Waals surface area contributed by atoms with Gasteiger partial charge in [0.2, 0.25) is 0 Å². The minimum Gasteiger partial charge on any atom is -0.464 e. The largest absolute Gasteiger partial charge is 0.464 e. The molecule has 2 rings (SSSR count). The van der Waals surface area contributed by atoms with E-state index in [2.05, 4.69) is 5.43 Å². The van der Waals surface area contributed by atoms with Crippen LogP contribution in [0.1, 0.15) is 12.5 Å². The Morgan fingerprint density at radius 1 is 1.36 bits per heavy atom. The van der Waals surface area contributed by atoms with Gasteiger partial charge in [0.1, 0.15) is 6.54 Å². The lowest BCUT2D eigenvalue weighted by Gasteiger charge is -2.30. The molecule has 1 heterocycles. The zero-order chi connectivity index (χ0) is 16.4. The fraction of sp³-hybridized carbons (Fsp3) is 0.357. The van der Waals surface area contributed by atoms with E-state index in [-0.39, 0.29) is 6.61 Å². The number of carbonyl (C=O) groups is 1. The molecule has 0 aliphatic carbocycles. The second kappa shape index (κ2) is 6.18. The van der Waals surface area contributed by atoms with Crippen LogP contribution < -0.4 is 5.43 Å². The van der Waals surface area contributed by atoms with Crippen molar-refractivity contribution in [1.82, 2.24) is 10.4 Å². The van der Waals surface area contributed by atoms with Crippen molar-refractivity contribution in [2.24, 2.45) is 0 Å². The van der Waals surface area contributed by atoms with Crippen LogP contribution in [0.5, 0.6) is 0 Å². The molecule has 0 aromatic heterocycles. The van der Waals surface area contributed by atoms with Gasteiger partial charge in [-0.15, -0.1) is 0 Å². The second-order valence-corrected chi connectivity index (χ2v) is 5.14. The first kappa shape index (κ1) is 16.6. The van der Waals surface area contributed by atoms with Crippen molar-refractivity contribution in [3.63, 3.8) is 0 Å². The molecule has 0 unspecified atom stereocenters. The molecule has 4 nitrogen and oxygen atoms in total. The molecule has 1 aliphatic rings. The predicted octanol–water partition coefficient (Wildman–Crippen LogP) is 2.99. The van der Waals surface area contributed by atoms with E-state index in [4.69, 9.17) is 16.3 Å². The zero-order valence-corrected chi connectivity index (χ0v) is 12.4. The average molecular weight is 335 g/mol. The second-order valence-electron chi connectivity index (χ2n) is 4.71. The Hall–Kier alpha value is -1.73. The summed E-state index contributed by atoms with van der Waals surface area (Å²) in [6, 6.07) is 6.24.